The van der Waals surface area contributed by atoms with Crippen molar-refractivity contribution in [1.29, 1.82) is 0 Å². The summed E-state index contributed by atoms with van der Waals surface area (Å²) in [7, 11) is 0. The first-order valence-corrected chi connectivity index (χ1v) is 11.6. The van der Waals surface area contributed by atoms with Crippen molar-refractivity contribution >= 4 is 31.9 Å². The standard InChI is InChI=1S/C22H29Br2F/c23-14-13-17-5-10-20(11-6-17)19-8-3-16(4-9-19)1-2-18-7-12-21(24)22(25)15-18/h7,12-17,19-20H,1-6,8-11H2/b14-13+. The Morgan fingerprint density at radius 1 is 0.960 bits per heavy atom. The van der Waals surface area contributed by atoms with Gasteiger partial charge >= 0.3 is 0 Å². The lowest BCUT2D eigenvalue weighted by Gasteiger charge is -2.37. The van der Waals surface area contributed by atoms with E-state index in [0.29, 0.717) is 4.47 Å². The molecule has 0 amide bonds. The molecule has 0 unspecified atom stereocenters. The Morgan fingerprint density at radius 3 is 2.20 bits per heavy atom. The van der Waals surface area contributed by atoms with E-state index in [1.807, 2.05) is 11.1 Å². The SMILES string of the molecule is Fc1cc(CCC2CCC(C3CCC(/C=C/Br)CC3)CC2)ccc1Br. The van der Waals surface area contributed by atoms with Crippen LogP contribution in [0.5, 0.6) is 0 Å². The van der Waals surface area contributed by atoms with Crippen molar-refractivity contribution in [2.24, 2.45) is 23.7 Å². The highest BCUT2D eigenvalue weighted by Crippen LogP contribution is 2.42. The van der Waals surface area contributed by atoms with Crippen LogP contribution in [-0.2, 0) is 6.42 Å². The first-order valence-electron chi connectivity index (χ1n) is 9.86. The van der Waals surface area contributed by atoms with Gasteiger partial charge in [-0.25, -0.2) is 4.39 Å². The monoisotopic (exact) mass is 470 g/mol. The lowest BCUT2D eigenvalue weighted by Crippen LogP contribution is -2.25. The van der Waals surface area contributed by atoms with Gasteiger partial charge in [0.05, 0.1) is 4.47 Å². The summed E-state index contributed by atoms with van der Waals surface area (Å²) in [5.74, 6) is 3.46. The second-order valence-electron chi connectivity index (χ2n) is 8.06. The summed E-state index contributed by atoms with van der Waals surface area (Å²) < 4.78 is 14.2. The molecule has 2 aliphatic carbocycles. The van der Waals surface area contributed by atoms with Gasteiger partial charge in [0.1, 0.15) is 5.82 Å². The number of hydrogen-bond acceptors (Lipinski definition) is 0. The smallest absolute Gasteiger partial charge is 0.137 e. The van der Waals surface area contributed by atoms with Gasteiger partial charge in [0, 0.05) is 0 Å². The van der Waals surface area contributed by atoms with Crippen molar-refractivity contribution in [3.8, 4) is 0 Å². The van der Waals surface area contributed by atoms with Gasteiger partial charge in [0.25, 0.3) is 0 Å². The molecule has 0 saturated heterocycles. The minimum absolute atomic E-state index is 0.133. The third-order valence-corrected chi connectivity index (χ3v) is 7.49. The molecule has 1 aromatic rings. The van der Waals surface area contributed by atoms with Gasteiger partial charge in [-0.2, -0.15) is 0 Å². The van der Waals surface area contributed by atoms with Crippen LogP contribution < -0.4 is 0 Å². The first-order chi connectivity index (χ1) is 12.2. The van der Waals surface area contributed by atoms with Crippen LogP contribution in [-0.4, -0.2) is 0 Å². The second kappa shape index (κ2) is 9.69. The molecule has 3 rings (SSSR count). The summed E-state index contributed by atoms with van der Waals surface area (Å²) in [4.78, 5) is 2.04. The number of halogens is 3. The summed E-state index contributed by atoms with van der Waals surface area (Å²) in [6, 6.07) is 5.58. The topological polar surface area (TPSA) is 0 Å². The van der Waals surface area contributed by atoms with Gasteiger partial charge in [-0.1, -0.05) is 40.9 Å². The molecule has 0 atom stereocenters. The Hall–Kier alpha value is -0.150. The lowest BCUT2D eigenvalue weighted by atomic mass is 9.68. The maximum Gasteiger partial charge on any atom is 0.137 e. The van der Waals surface area contributed by atoms with Crippen LogP contribution in [0, 0.1) is 29.5 Å². The van der Waals surface area contributed by atoms with E-state index in [1.54, 1.807) is 6.07 Å². The molecule has 0 aromatic heterocycles. The maximum absolute atomic E-state index is 13.6. The molecule has 138 valence electrons. The van der Waals surface area contributed by atoms with Crippen LogP contribution in [0.2, 0.25) is 0 Å². The van der Waals surface area contributed by atoms with E-state index in [4.69, 9.17) is 0 Å². The van der Waals surface area contributed by atoms with Gasteiger partial charge in [0.15, 0.2) is 0 Å². The molecule has 2 saturated carbocycles. The highest BCUT2D eigenvalue weighted by molar-refractivity contribution is 9.11. The van der Waals surface area contributed by atoms with Gasteiger partial charge in [0.2, 0.25) is 0 Å². The van der Waals surface area contributed by atoms with Crippen molar-refractivity contribution < 1.29 is 4.39 Å². The summed E-state index contributed by atoms with van der Waals surface area (Å²) in [6.45, 7) is 0. The molecule has 0 spiro atoms. The fraction of sp³-hybridized carbons (Fsp3) is 0.636. The number of rotatable bonds is 5. The maximum atomic E-state index is 13.6. The highest BCUT2D eigenvalue weighted by atomic mass is 79.9. The number of aryl methyl sites for hydroxylation is 1. The molecule has 0 bridgehead atoms. The van der Waals surface area contributed by atoms with E-state index in [2.05, 4.69) is 44.0 Å². The van der Waals surface area contributed by atoms with Crippen molar-refractivity contribution in [1.82, 2.24) is 0 Å². The molecule has 0 nitrogen and oxygen atoms in total. The summed E-state index contributed by atoms with van der Waals surface area (Å²) in [5, 5.41) is 0. The van der Waals surface area contributed by atoms with Crippen LogP contribution in [0.15, 0.2) is 33.7 Å². The van der Waals surface area contributed by atoms with Gasteiger partial charge in [-0.15, -0.1) is 0 Å². The molecule has 0 radical (unpaired) electrons. The fourth-order valence-corrected chi connectivity index (χ4v) is 5.60. The largest absolute Gasteiger partial charge is 0.206 e. The molecule has 1 aromatic carbocycles. The fourth-order valence-electron chi connectivity index (χ4n) is 4.93. The lowest BCUT2D eigenvalue weighted by molar-refractivity contribution is 0.153. The molecule has 25 heavy (non-hydrogen) atoms. The van der Waals surface area contributed by atoms with Crippen LogP contribution in [0.3, 0.4) is 0 Å². The minimum Gasteiger partial charge on any atom is -0.206 e. The van der Waals surface area contributed by atoms with Crippen LogP contribution in [0.1, 0.15) is 63.4 Å². The third-order valence-electron chi connectivity index (χ3n) is 6.54. The predicted octanol–water partition coefficient (Wildman–Crippen LogP) is 8.04. The molecule has 0 aliphatic heterocycles. The van der Waals surface area contributed by atoms with E-state index in [9.17, 15) is 4.39 Å². The van der Waals surface area contributed by atoms with E-state index < -0.39 is 0 Å². The Morgan fingerprint density at radius 2 is 1.60 bits per heavy atom. The van der Waals surface area contributed by atoms with Gasteiger partial charge in [-0.3, -0.25) is 0 Å². The van der Waals surface area contributed by atoms with Gasteiger partial charge in [-0.05, 0) is 114 Å². The minimum atomic E-state index is -0.133. The third kappa shape index (κ3) is 5.66. The second-order valence-corrected chi connectivity index (χ2v) is 9.44. The normalized spacial score (nSPS) is 30.7. The van der Waals surface area contributed by atoms with Crippen LogP contribution in [0.4, 0.5) is 4.39 Å². The zero-order chi connectivity index (χ0) is 17.6. The molecular weight excluding hydrogens is 443 g/mol. The quantitative estimate of drug-likeness (QED) is 0.407. The zero-order valence-electron chi connectivity index (χ0n) is 14.9. The Bertz CT molecular complexity index is 567. The van der Waals surface area contributed by atoms with Crippen molar-refractivity contribution in [2.45, 2.75) is 64.2 Å². The van der Waals surface area contributed by atoms with Crippen molar-refractivity contribution in [2.75, 3.05) is 0 Å². The molecular formula is C22H29Br2F. The molecule has 2 fully saturated rings. The summed E-state index contributed by atoms with van der Waals surface area (Å²) >= 11 is 6.65. The zero-order valence-corrected chi connectivity index (χ0v) is 18.1. The predicted molar refractivity (Wildman–Crippen MR) is 111 cm³/mol. The van der Waals surface area contributed by atoms with Gasteiger partial charge < -0.3 is 0 Å². The van der Waals surface area contributed by atoms with E-state index in [1.165, 1.54) is 57.8 Å². The molecule has 0 N–H and O–H groups in total. The molecule has 2 aliphatic rings. The van der Waals surface area contributed by atoms with Crippen molar-refractivity contribution in [3.05, 3.63) is 45.1 Å². The molecule has 3 heteroatoms. The molecule has 0 heterocycles. The average Bonchev–Trinajstić information content (AvgIpc) is 2.64. The number of allylic oxidation sites excluding steroid dienone is 1. The average molecular weight is 472 g/mol. The van der Waals surface area contributed by atoms with Crippen LogP contribution in [0.25, 0.3) is 0 Å². The Kier molecular flexibility index (Phi) is 7.60. The van der Waals surface area contributed by atoms with E-state index in [-0.39, 0.29) is 5.82 Å². The van der Waals surface area contributed by atoms with Crippen molar-refractivity contribution in [3.63, 3.8) is 0 Å². The Labute approximate surface area is 168 Å². The van der Waals surface area contributed by atoms with E-state index >= 15 is 0 Å². The number of benzene rings is 1. The number of hydrogen-bond donors (Lipinski definition) is 0. The Balaban J connectivity index is 1.39. The summed E-state index contributed by atoms with van der Waals surface area (Å²) in [5.41, 5.74) is 1.14. The highest BCUT2D eigenvalue weighted by Gasteiger charge is 2.30. The first kappa shape index (κ1) is 19.6. The van der Waals surface area contributed by atoms with E-state index in [0.717, 1.165) is 35.7 Å². The van der Waals surface area contributed by atoms with Crippen LogP contribution >= 0.6 is 31.9 Å². The summed E-state index contributed by atoms with van der Waals surface area (Å²) in [6.07, 6.45) is 15.8.